The van der Waals surface area contributed by atoms with Gasteiger partial charge in [0.2, 0.25) is 0 Å². The first-order chi connectivity index (χ1) is 10.5. The second-order valence-electron chi connectivity index (χ2n) is 4.84. The van der Waals surface area contributed by atoms with Crippen LogP contribution in [-0.4, -0.2) is 12.0 Å². The van der Waals surface area contributed by atoms with E-state index in [2.05, 4.69) is 10.3 Å². The molecule has 112 valence electrons. The van der Waals surface area contributed by atoms with Gasteiger partial charge in [0.05, 0.1) is 11.1 Å². The molecule has 1 heterocycles. The number of hydrogen-bond donors (Lipinski definition) is 1. The van der Waals surface area contributed by atoms with E-state index < -0.39 is 11.7 Å². The first-order valence-electron chi connectivity index (χ1n) is 6.75. The Morgan fingerprint density at radius 1 is 0.909 bits per heavy atom. The molecule has 0 aliphatic rings. The van der Waals surface area contributed by atoms with Crippen molar-refractivity contribution in [3.8, 4) is 11.1 Å². The quantitative estimate of drug-likeness (QED) is 0.723. The molecule has 0 aliphatic heterocycles. The molecule has 2 aromatic carbocycles. The third-order valence-corrected chi connectivity index (χ3v) is 3.48. The predicted molar refractivity (Wildman–Crippen MR) is 81.7 cm³/mol. The average Bonchev–Trinajstić information content (AvgIpc) is 2.52. The Hall–Kier alpha value is -2.56. The van der Waals surface area contributed by atoms with Gasteiger partial charge in [0, 0.05) is 18.0 Å². The van der Waals surface area contributed by atoms with Crippen molar-refractivity contribution in [3.63, 3.8) is 0 Å². The number of halogens is 3. The van der Waals surface area contributed by atoms with Gasteiger partial charge in [0.15, 0.2) is 0 Å². The number of rotatable bonds is 2. The van der Waals surface area contributed by atoms with Gasteiger partial charge in [-0.1, -0.05) is 48.5 Å². The third kappa shape index (κ3) is 2.39. The lowest BCUT2D eigenvalue weighted by molar-refractivity contribution is -0.135. The van der Waals surface area contributed by atoms with Crippen LogP contribution in [0.3, 0.4) is 0 Å². The molecule has 22 heavy (non-hydrogen) atoms. The van der Waals surface area contributed by atoms with E-state index >= 15 is 0 Å². The minimum atomic E-state index is -4.47. The van der Waals surface area contributed by atoms with Crippen molar-refractivity contribution in [2.75, 3.05) is 12.4 Å². The normalized spacial score (nSPS) is 11.6. The Labute approximate surface area is 125 Å². The highest BCUT2D eigenvalue weighted by atomic mass is 19.4. The van der Waals surface area contributed by atoms with Crippen LogP contribution in [0.15, 0.2) is 54.6 Å². The molecule has 1 N–H and O–H groups in total. The van der Waals surface area contributed by atoms with Gasteiger partial charge >= 0.3 is 6.18 Å². The van der Waals surface area contributed by atoms with Crippen molar-refractivity contribution in [2.24, 2.45) is 0 Å². The SMILES string of the molecule is CNc1nc2ccccc2c(C(F)(F)F)c1-c1ccccc1. The van der Waals surface area contributed by atoms with Gasteiger partial charge in [-0.25, -0.2) is 4.98 Å². The van der Waals surface area contributed by atoms with Gasteiger partial charge in [-0.05, 0) is 11.6 Å². The van der Waals surface area contributed by atoms with E-state index in [4.69, 9.17) is 0 Å². The molecular weight excluding hydrogens is 289 g/mol. The zero-order valence-electron chi connectivity index (χ0n) is 11.8. The fourth-order valence-corrected chi connectivity index (χ4v) is 2.57. The number of nitrogens with one attached hydrogen (secondary N) is 1. The summed E-state index contributed by atoms with van der Waals surface area (Å²) in [6, 6.07) is 14.8. The third-order valence-electron chi connectivity index (χ3n) is 3.48. The second-order valence-corrected chi connectivity index (χ2v) is 4.84. The Morgan fingerprint density at radius 3 is 2.18 bits per heavy atom. The molecule has 3 aromatic rings. The lowest BCUT2D eigenvalue weighted by atomic mass is 9.96. The van der Waals surface area contributed by atoms with E-state index in [0.717, 1.165) is 0 Å². The molecule has 0 fully saturated rings. The molecule has 0 unspecified atom stereocenters. The van der Waals surface area contributed by atoms with Gasteiger partial charge < -0.3 is 5.32 Å². The van der Waals surface area contributed by atoms with Crippen LogP contribution >= 0.6 is 0 Å². The summed E-state index contributed by atoms with van der Waals surface area (Å²) in [7, 11) is 1.57. The molecule has 0 atom stereocenters. The molecule has 5 heteroatoms. The van der Waals surface area contributed by atoms with Gasteiger partial charge in [-0.15, -0.1) is 0 Å². The average molecular weight is 302 g/mol. The number of fused-ring (bicyclic) bond motifs is 1. The highest BCUT2D eigenvalue weighted by Gasteiger charge is 2.37. The first kappa shape index (κ1) is 14.4. The molecule has 0 bridgehead atoms. The Balaban J connectivity index is 2.48. The van der Waals surface area contributed by atoms with E-state index in [9.17, 15) is 13.2 Å². The minimum absolute atomic E-state index is 0.0781. The monoisotopic (exact) mass is 302 g/mol. The fraction of sp³-hybridized carbons (Fsp3) is 0.118. The van der Waals surface area contributed by atoms with E-state index in [1.54, 1.807) is 55.6 Å². The highest BCUT2D eigenvalue weighted by Crippen LogP contribution is 2.44. The van der Waals surface area contributed by atoms with Crippen molar-refractivity contribution in [3.05, 3.63) is 60.2 Å². The van der Waals surface area contributed by atoms with Crippen molar-refractivity contribution in [2.45, 2.75) is 6.18 Å². The van der Waals surface area contributed by atoms with Crippen molar-refractivity contribution >= 4 is 16.7 Å². The molecule has 0 aliphatic carbocycles. The summed E-state index contributed by atoms with van der Waals surface area (Å²) in [5, 5.41) is 2.89. The van der Waals surface area contributed by atoms with Crippen LogP contribution < -0.4 is 5.32 Å². The standard InChI is InChI=1S/C17H13F3N2/c1-21-16-14(11-7-3-2-4-8-11)15(17(18,19)20)12-9-5-6-10-13(12)22-16/h2-10H,1H3,(H,21,22). The smallest absolute Gasteiger partial charge is 0.373 e. The molecule has 0 saturated carbocycles. The predicted octanol–water partition coefficient (Wildman–Crippen LogP) is 4.96. The van der Waals surface area contributed by atoms with Gasteiger partial charge in [0.25, 0.3) is 0 Å². The number of aromatic nitrogens is 1. The lowest BCUT2D eigenvalue weighted by Gasteiger charge is -2.19. The van der Waals surface area contributed by atoms with Crippen molar-refractivity contribution in [1.29, 1.82) is 0 Å². The van der Waals surface area contributed by atoms with Crippen LogP contribution in [0.5, 0.6) is 0 Å². The minimum Gasteiger partial charge on any atom is -0.373 e. The zero-order chi connectivity index (χ0) is 15.7. The first-order valence-corrected chi connectivity index (χ1v) is 6.75. The summed E-state index contributed by atoms with van der Waals surface area (Å²) in [5.41, 5.74) is 0.222. The van der Waals surface area contributed by atoms with Gasteiger partial charge in [0.1, 0.15) is 5.82 Å². The summed E-state index contributed by atoms with van der Waals surface area (Å²) in [6.45, 7) is 0. The number of anilines is 1. The van der Waals surface area contributed by atoms with Crippen LogP contribution in [0, 0.1) is 0 Å². The zero-order valence-corrected chi connectivity index (χ0v) is 11.8. The van der Waals surface area contributed by atoms with Gasteiger partial charge in [-0.3, -0.25) is 0 Å². The number of pyridine rings is 1. The Kier molecular flexibility index (Phi) is 3.48. The number of alkyl halides is 3. The van der Waals surface area contributed by atoms with Crippen molar-refractivity contribution in [1.82, 2.24) is 4.98 Å². The van der Waals surface area contributed by atoms with E-state index in [1.807, 2.05) is 0 Å². The van der Waals surface area contributed by atoms with E-state index in [1.165, 1.54) is 6.07 Å². The number of benzene rings is 2. The molecule has 0 spiro atoms. The van der Waals surface area contributed by atoms with Crippen molar-refractivity contribution < 1.29 is 13.2 Å². The number of para-hydroxylation sites is 1. The van der Waals surface area contributed by atoms with Crippen LogP contribution in [0.4, 0.5) is 19.0 Å². The molecule has 3 rings (SSSR count). The summed E-state index contributed by atoms with van der Waals surface area (Å²) in [4.78, 5) is 4.33. The van der Waals surface area contributed by atoms with Crippen LogP contribution in [0.25, 0.3) is 22.0 Å². The molecule has 0 amide bonds. The topological polar surface area (TPSA) is 24.9 Å². The maximum Gasteiger partial charge on any atom is 0.417 e. The van der Waals surface area contributed by atoms with Crippen LogP contribution in [0.2, 0.25) is 0 Å². The molecule has 0 radical (unpaired) electrons. The summed E-state index contributed by atoms with van der Waals surface area (Å²) < 4.78 is 41.2. The Morgan fingerprint density at radius 2 is 1.55 bits per heavy atom. The van der Waals surface area contributed by atoms with Crippen LogP contribution in [0.1, 0.15) is 5.56 Å². The van der Waals surface area contributed by atoms with Gasteiger partial charge in [-0.2, -0.15) is 13.2 Å². The summed E-state index contributed by atoms with van der Waals surface area (Å²) >= 11 is 0. The fourth-order valence-electron chi connectivity index (χ4n) is 2.57. The Bertz CT molecular complexity index is 811. The molecule has 2 nitrogen and oxygen atoms in total. The van der Waals surface area contributed by atoms with E-state index in [0.29, 0.717) is 11.1 Å². The highest BCUT2D eigenvalue weighted by molar-refractivity contribution is 5.94. The molecular formula is C17H13F3N2. The molecule has 1 aromatic heterocycles. The maximum atomic E-state index is 13.7. The summed E-state index contributed by atoms with van der Waals surface area (Å²) in [5.74, 6) is 0.220. The summed E-state index contributed by atoms with van der Waals surface area (Å²) in [6.07, 6.45) is -4.47. The van der Waals surface area contributed by atoms with E-state index in [-0.39, 0.29) is 16.8 Å². The largest absolute Gasteiger partial charge is 0.417 e. The number of hydrogen-bond acceptors (Lipinski definition) is 2. The lowest BCUT2D eigenvalue weighted by Crippen LogP contribution is -2.11. The number of nitrogens with zero attached hydrogens (tertiary/aromatic N) is 1. The van der Waals surface area contributed by atoms with Crippen LogP contribution in [-0.2, 0) is 6.18 Å². The second kappa shape index (κ2) is 5.33. The maximum absolute atomic E-state index is 13.7. The molecule has 0 saturated heterocycles.